The Bertz CT molecular complexity index is 974. The first-order valence-corrected chi connectivity index (χ1v) is 13.6. The zero-order valence-electron chi connectivity index (χ0n) is 21.8. The van der Waals surface area contributed by atoms with E-state index in [4.69, 9.17) is 4.74 Å². The lowest BCUT2D eigenvalue weighted by Gasteiger charge is -2.49. The van der Waals surface area contributed by atoms with Crippen LogP contribution in [-0.2, 0) is 14.3 Å². The summed E-state index contributed by atoms with van der Waals surface area (Å²) in [4.78, 5) is 27.7. The summed E-state index contributed by atoms with van der Waals surface area (Å²) in [5, 5.41) is 34.3. The number of rotatable bonds is 4. The van der Waals surface area contributed by atoms with Crippen LogP contribution < -0.4 is 0 Å². The van der Waals surface area contributed by atoms with Crippen molar-refractivity contribution in [2.45, 2.75) is 91.0 Å². The second kappa shape index (κ2) is 8.26. The molecule has 5 aliphatic carbocycles. The number of ether oxygens (including phenoxy) is 1. The number of Topliss-reactive ketones (excluding diaryl/α,β-unsaturated/α-hetero) is 1. The second-order valence-electron chi connectivity index (χ2n) is 12.9. The van der Waals surface area contributed by atoms with E-state index in [1.807, 2.05) is 13.8 Å². The molecule has 2 bridgehead atoms. The van der Waals surface area contributed by atoms with Crippen molar-refractivity contribution in [3.8, 4) is 0 Å². The first-order chi connectivity index (χ1) is 16.4. The van der Waals surface area contributed by atoms with Gasteiger partial charge in [-0.25, -0.2) is 0 Å². The van der Waals surface area contributed by atoms with E-state index in [1.54, 1.807) is 19.1 Å². The highest BCUT2D eigenvalue weighted by atomic mass is 16.6. The fraction of sp³-hybridized carbons (Fsp3) is 0.793. The fourth-order valence-corrected chi connectivity index (χ4v) is 8.64. The van der Waals surface area contributed by atoms with Crippen LogP contribution in [0.4, 0.5) is 0 Å². The third-order valence-electron chi connectivity index (χ3n) is 10.9. The van der Waals surface area contributed by atoms with Crippen molar-refractivity contribution in [2.75, 3.05) is 6.61 Å². The Kier molecular flexibility index (Phi) is 5.94. The van der Waals surface area contributed by atoms with Crippen LogP contribution >= 0.6 is 0 Å². The molecule has 1 spiro atoms. The van der Waals surface area contributed by atoms with Crippen molar-refractivity contribution in [2.24, 2.45) is 46.3 Å². The van der Waals surface area contributed by atoms with Gasteiger partial charge in [-0.1, -0.05) is 59.1 Å². The highest BCUT2D eigenvalue weighted by Gasteiger charge is 2.76. The largest absolute Gasteiger partial charge is 0.454 e. The van der Waals surface area contributed by atoms with E-state index < -0.39 is 35.7 Å². The van der Waals surface area contributed by atoms with Crippen molar-refractivity contribution >= 4 is 11.8 Å². The van der Waals surface area contributed by atoms with Crippen LogP contribution in [0.2, 0.25) is 0 Å². The predicted molar refractivity (Wildman–Crippen MR) is 131 cm³/mol. The summed E-state index contributed by atoms with van der Waals surface area (Å²) in [6.45, 7) is 9.53. The van der Waals surface area contributed by atoms with Gasteiger partial charge in [-0.05, 0) is 66.4 Å². The van der Waals surface area contributed by atoms with Crippen molar-refractivity contribution in [3.63, 3.8) is 0 Å². The van der Waals surface area contributed by atoms with Crippen molar-refractivity contribution in [3.05, 3.63) is 23.3 Å². The fourth-order valence-electron chi connectivity index (χ4n) is 8.64. The maximum absolute atomic E-state index is 14.4. The maximum Gasteiger partial charge on any atom is 0.309 e. The Hall–Kier alpha value is -1.50. The lowest BCUT2D eigenvalue weighted by atomic mass is 9.59. The summed E-state index contributed by atoms with van der Waals surface area (Å²) < 4.78 is 6.05. The van der Waals surface area contributed by atoms with Gasteiger partial charge >= 0.3 is 5.97 Å². The van der Waals surface area contributed by atoms with Gasteiger partial charge in [0.2, 0.25) is 0 Å². The molecule has 3 N–H and O–H groups in total. The molecule has 0 aromatic rings. The summed E-state index contributed by atoms with van der Waals surface area (Å²) in [6.07, 6.45) is 6.97. The average Bonchev–Trinajstić information content (AvgIpc) is 3.32. The molecule has 6 nitrogen and oxygen atoms in total. The summed E-state index contributed by atoms with van der Waals surface area (Å²) in [7, 11) is 0. The Morgan fingerprint density at radius 3 is 2.51 bits per heavy atom. The molecule has 6 heteroatoms. The Morgan fingerprint density at radius 2 is 1.89 bits per heavy atom. The number of ketones is 1. The number of hydrogen-bond donors (Lipinski definition) is 3. The van der Waals surface area contributed by atoms with Gasteiger partial charge in [-0.15, -0.1) is 0 Å². The Balaban J connectivity index is 1.56. The molecule has 35 heavy (non-hydrogen) atoms. The molecular formula is C29H42O6. The number of allylic oxidation sites excluding steroid dienone is 1. The molecular weight excluding hydrogens is 444 g/mol. The summed E-state index contributed by atoms with van der Waals surface area (Å²) in [5.41, 5.74) is -2.60. The zero-order valence-corrected chi connectivity index (χ0v) is 21.8. The minimum absolute atomic E-state index is 0.0146. The van der Waals surface area contributed by atoms with Crippen LogP contribution in [0.5, 0.6) is 0 Å². The highest BCUT2D eigenvalue weighted by Crippen LogP contribution is 2.71. The van der Waals surface area contributed by atoms with Crippen LogP contribution in [-0.4, -0.2) is 51.5 Å². The van der Waals surface area contributed by atoms with Gasteiger partial charge in [-0.2, -0.15) is 0 Å². The molecule has 0 aromatic heterocycles. The quantitative estimate of drug-likeness (QED) is 0.415. The molecule has 9 atom stereocenters. The molecule has 5 rings (SSSR count). The number of hydrogen-bond acceptors (Lipinski definition) is 6. The molecule has 3 fully saturated rings. The number of fused-ring (bicyclic) bond motifs is 3. The van der Waals surface area contributed by atoms with E-state index in [-0.39, 0.29) is 46.4 Å². The van der Waals surface area contributed by atoms with Crippen LogP contribution in [0.25, 0.3) is 0 Å². The molecule has 194 valence electrons. The molecule has 0 aliphatic heterocycles. The topological polar surface area (TPSA) is 104 Å². The van der Waals surface area contributed by atoms with Gasteiger partial charge < -0.3 is 20.1 Å². The maximum atomic E-state index is 14.4. The Morgan fingerprint density at radius 1 is 1.23 bits per heavy atom. The van der Waals surface area contributed by atoms with Crippen LogP contribution in [0.15, 0.2) is 23.3 Å². The zero-order chi connectivity index (χ0) is 25.5. The normalized spacial score (nSPS) is 45.3. The number of aliphatic hydroxyl groups excluding tert-OH is 2. The van der Waals surface area contributed by atoms with Gasteiger partial charge in [0.05, 0.1) is 17.9 Å². The van der Waals surface area contributed by atoms with Crippen LogP contribution in [0, 0.1) is 46.3 Å². The van der Waals surface area contributed by atoms with Gasteiger partial charge in [0.1, 0.15) is 6.10 Å². The van der Waals surface area contributed by atoms with E-state index in [1.165, 1.54) is 6.42 Å². The van der Waals surface area contributed by atoms with E-state index in [0.717, 1.165) is 32.1 Å². The van der Waals surface area contributed by atoms with Gasteiger partial charge in [-0.3, -0.25) is 9.59 Å². The predicted octanol–water partition coefficient (Wildman–Crippen LogP) is 3.58. The molecule has 0 amide bonds. The highest BCUT2D eigenvalue weighted by molar-refractivity contribution is 5.95. The molecule has 0 heterocycles. The van der Waals surface area contributed by atoms with Crippen LogP contribution in [0.1, 0.15) is 73.1 Å². The molecule has 1 unspecified atom stereocenters. The third kappa shape index (κ3) is 3.25. The van der Waals surface area contributed by atoms with Crippen molar-refractivity contribution in [1.29, 1.82) is 0 Å². The monoisotopic (exact) mass is 486 g/mol. The number of carbonyl (C=O) groups excluding carboxylic acids is 2. The number of carbonyl (C=O) groups is 2. The first-order valence-electron chi connectivity index (χ1n) is 13.6. The smallest absolute Gasteiger partial charge is 0.309 e. The van der Waals surface area contributed by atoms with Crippen molar-refractivity contribution < 1.29 is 29.6 Å². The standard InChI is InChI=1S/C29H42O6/c1-15-13-28-16(2)11-21-22(27(21,4)5)20(24(28)32)12-19(14-30)23(31)29(28,34)25(15)35-26(33)17(3)18-9-7-6-8-10-18/h12-13,16-18,20-23,25,30-31,34H,6-11,14H2,1-5H3/t16-,17?,20+,21-,22+,23-,25+,28-,29+/m1/s1. The molecule has 0 radical (unpaired) electrons. The summed E-state index contributed by atoms with van der Waals surface area (Å²) in [5.74, 6) is -0.901. The SMILES string of the molecule is CC1=C[C@@]23C(=O)[C@@H](C=C(CO)[C@@H](O)[C@]2(O)[C@H]1OC(=O)C(C)C1CCCCC1)[C@H]1[C@@H](C[C@H]3C)C1(C)C. The van der Waals surface area contributed by atoms with Crippen molar-refractivity contribution in [1.82, 2.24) is 0 Å². The number of esters is 1. The van der Waals surface area contributed by atoms with Gasteiger partial charge in [0.25, 0.3) is 0 Å². The van der Waals surface area contributed by atoms with E-state index >= 15 is 0 Å². The lowest BCUT2D eigenvalue weighted by molar-refractivity contribution is -0.206. The van der Waals surface area contributed by atoms with E-state index in [2.05, 4.69) is 13.8 Å². The first kappa shape index (κ1) is 25.2. The van der Waals surface area contributed by atoms with Gasteiger partial charge in [0.15, 0.2) is 17.5 Å². The number of aliphatic hydroxyl groups is 3. The minimum Gasteiger partial charge on any atom is -0.454 e. The molecule has 5 aliphatic rings. The summed E-state index contributed by atoms with van der Waals surface area (Å²) in [6, 6.07) is 0. The second-order valence-corrected chi connectivity index (χ2v) is 12.9. The summed E-state index contributed by atoms with van der Waals surface area (Å²) >= 11 is 0. The lowest BCUT2D eigenvalue weighted by Crippen LogP contribution is -2.66. The van der Waals surface area contributed by atoms with E-state index in [9.17, 15) is 24.9 Å². The molecule has 0 aromatic carbocycles. The minimum atomic E-state index is -2.06. The third-order valence-corrected chi connectivity index (χ3v) is 10.9. The van der Waals surface area contributed by atoms with Gasteiger partial charge in [0, 0.05) is 5.92 Å². The average molecular weight is 487 g/mol. The Labute approximate surface area is 208 Å². The van der Waals surface area contributed by atoms with Crippen LogP contribution in [0.3, 0.4) is 0 Å². The molecule has 3 saturated carbocycles. The van der Waals surface area contributed by atoms with E-state index in [0.29, 0.717) is 11.5 Å². The molecule has 0 saturated heterocycles.